The van der Waals surface area contributed by atoms with Crippen LogP contribution in [0.4, 0.5) is 0 Å². The Bertz CT molecular complexity index is 726. The summed E-state index contributed by atoms with van der Waals surface area (Å²) in [5, 5.41) is 3.15. The summed E-state index contributed by atoms with van der Waals surface area (Å²) in [7, 11) is 0. The monoisotopic (exact) mass is 432 g/mol. The Kier molecular flexibility index (Phi) is 9.05. The number of hydrogen-bond acceptors (Lipinski definition) is 5. The van der Waals surface area contributed by atoms with Crippen molar-refractivity contribution in [3.8, 4) is 0 Å². The number of benzene rings is 1. The van der Waals surface area contributed by atoms with Gasteiger partial charge in [-0.05, 0) is 37.8 Å². The second-order valence-corrected chi connectivity index (χ2v) is 9.08. The molecule has 1 aromatic rings. The lowest BCUT2D eigenvalue weighted by Gasteiger charge is -2.21. The Balaban J connectivity index is 1.48. The van der Waals surface area contributed by atoms with Crippen LogP contribution in [-0.2, 0) is 14.3 Å². The van der Waals surface area contributed by atoms with Crippen molar-refractivity contribution in [3.63, 3.8) is 0 Å². The highest BCUT2D eigenvalue weighted by Gasteiger charge is 2.21. The molecule has 0 aromatic heterocycles. The van der Waals surface area contributed by atoms with Crippen molar-refractivity contribution in [2.24, 2.45) is 0 Å². The quantitative estimate of drug-likeness (QED) is 0.524. The van der Waals surface area contributed by atoms with Crippen LogP contribution in [0.15, 0.2) is 29.2 Å². The SMILES string of the molecule is O=C(CSc1ccccc1C(=O)OCC(=O)N1CCCC1)NC1CCCCCCC1. The van der Waals surface area contributed by atoms with E-state index in [1.807, 2.05) is 12.1 Å². The zero-order valence-electron chi connectivity index (χ0n) is 17.6. The Morgan fingerprint density at radius 3 is 2.37 bits per heavy atom. The Hall–Kier alpha value is -2.02. The Morgan fingerprint density at radius 2 is 1.63 bits per heavy atom. The third kappa shape index (κ3) is 7.04. The minimum Gasteiger partial charge on any atom is -0.452 e. The van der Waals surface area contributed by atoms with Gasteiger partial charge in [-0.25, -0.2) is 4.79 Å². The summed E-state index contributed by atoms with van der Waals surface area (Å²) in [4.78, 5) is 39.5. The van der Waals surface area contributed by atoms with Crippen LogP contribution < -0.4 is 5.32 Å². The number of nitrogens with one attached hydrogen (secondary N) is 1. The van der Waals surface area contributed by atoms with E-state index in [1.165, 1.54) is 43.9 Å². The second-order valence-electron chi connectivity index (χ2n) is 8.06. The van der Waals surface area contributed by atoms with E-state index in [1.54, 1.807) is 17.0 Å². The van der Waals surface area contributed by atoms with Gasteiger partial charge in [-0.3, -0.25) is 9.59 Å². The summed E-state index contributed by atoms with van der Waals surface area (Å²) in [5.41, 5.74) is 0.399. The molecule has 30 heavy (non-hydrogen) atoms. The van der Waals surface area contributed by atoms with Gasteiger partial charge < -0.3 is 15.0 Å². The van der Waals surface area contributed by atoms with Gasteiger partial charge in [0.2, 0.25) is 5.91 Å². The lowest BCUT2D eigenvalue weighted by atomic mass is 9.97. The van der Waals surface area contributed by atoms with Crippen molar-refractivity contribution in [1.29, 1.82) is 0 Å². The third-order valence-electron chi connectivity index (χ3n) is 5.72. The van der Waals surface area contributed by atoms with Crippen LogP contribution in [0, 0.1) is 0 Å². The predicted molar refractivity (Wildman–Crippen MR) is 118 cm³/mol. The van der Waals surface area contributed by atoms with Gasteiger partial charge in [0.25, 0.3) is 5.91 Å². The summed E-state index contributed by atoms with van der Waals surface area (Å²) in [6, 6.07) is 7.35. The molecule has 1 aliphatic heterocycles. The number of thioether (sulfide) groups is 1. The van der Waals surface area contributed by atoms with Gasteiger partial charge in [-0.2, -0.15) is 0 Å². The molecule has 2 amide bonds. The first kappa shape index (κ1) is 22.7. The van der Waals surface area contributed by atoms with Crippen LogP contribution in [-0.4, -0.2) is 54.2 Å². The molecule has 164 valence electrons. The summed E-state index contributed by atoms with van der Waals surface area (Å²) < 4.78 is 5.25. The number of ether oxygens (including phenoxy) is 1. The van der Waals surface area contributed by atoms with Gasteiger partial charge in [-0.15, -0.1) is 11.8 Å². The van der Waals surface area contributed by atoms with Crippen molar-refractivity contribution >= 4 is 29.5 Å². The van der Waals surface area contributed by atoms with Gasteiger partial charge in [0, 0.05) is 24.0 Å². The lowest BCUT2D eigenvalue weighted by Crippen LogP contribution is -2.36. The third-order valence-corrected chi connectivity index (χ3v) is 6.80. The van der Waals surface area contributed by atoms with Crippen LogP contribution in [0.1, 0.15) is 68.1 Å². The molecule has 6 nitrogen and oxygen atoms in total. The van der Waals surface area contributed by atoms with Crippen molar-refractivity contribution in [2.45, 2.75) is 68.7 Å². The molecule has 1 aliphatic carbocycles. The van der Waals surface area contributed by atoms with E-state index in [0.717, 1.165) is 38.8 Å². The van der Waals surface area contributed by atoms with E-state index in [9.17, 15) is 14.4 Å². The molecule has 1 N–H and O–H groups in total. The molecule has 0 atom stereocenters. The fourth-order valence-corrected chi connectivity index (χ4v) is 4.89. The largest absolute Gasteiger partial charge is 0.452 e. The molecule has 3 rings (SSSR count). The van der Waals surface area contributed by atoms with E-state index in [4.69, 9.17) is 4.74 Å². The molecule has 1 saturated heterocycles. The van der Waals surface area contributed by atoms with Crippen LogP contribution in [0.3, 0.4) is 0 Å². The molecular formula is C23H32N2O4S. The molecular weight excluding hydrogens is 400 g/mol. The zero-order valence-corrected chi connectivity index (χ0v) is 18.4. The van der Waals surface area contributed by atoms with E-state index >= 15 is 0 Å². The maximum absolute atomic E-state index is 12.5. The smallest absolute Gasteiger partial charge is 0.339 e. The molecule has 2 aliphatic rings. The van der Waals surface area contributed by atoms with Crippen molar-refractivity contribution < 1.29 is 19.1 Å². The predicted octanol–water partition coefficient (Wildman–Crippen LogP) is 3.79. The van der Waals surface area contributed by atoms with Crippen LogP contribution >= 0.6 is 11.8 Å². The fraction of sp³-hybridized carbons (Fsp3) is 0.609. The number of rotatable bonds is 7. The number of carbonyl (C=O) groups excluding carboxylic acids is 3. The zero-order chi connectivity index (χ0) is 21.2. The molecule has 1 heterocycles. The standard InChI is InChI=1S/C23H32N2O4S/c26-21(24-18-10-4-2-1-3-5-11-18)17-30-20-13-7-6-12-19(20)23(28)29-16-22(27)25-14-8-9-15-25/h6-7,12-13,18H,1-5,8-11,14-17H2,(H,24,26). The minimum atomic E-state index is -0.522. The molecule has 0 bridgehead atoms. The van der Waals surface area contributed by atoms with Crippen LogP contribution in [0.5, 0.6) is 0 Å². The van der Waals surface area contributed by atoms with Crippen LogP contribution in [0.2, 0.25) is 0 Å². The average molecular weight is 433 g/mol. The summed E-state index contributed by atoms with van der Waals surface area (Å²) in [6.45, 7) is 1.23. The van der Waals surface area contributed by atoms with E-state index in [-0.39, 0.29) is 30.2 Å². The number of hydrogen-bond donors (Lipinski definition) is 1. The van der Waals surface area contributed by atoms with Crippen molar-refractivity contribution in [1.82, 2.24) is 10.2 Å². The molecule has 0 radical (unpaired) electrons. The van der Waals surface area contributed by atoms with Crippen molar-refractivity contribution in [3.05, 3.63) is 29.8 Å². The Morgan fingerprint density at radius 1 is 0.967 bits per heavy atom. The highest BCUT2D eigenvalue weighted by atomic mass is 32.2. The molecule has 7 heteroatoms. The average Bonchev–Trinajstić information content (AvgIpc) is 3.27. The first-order chi connectivity index (χ1) is 14.6. The highest BCUT2D eigenvalue weighted by Crippen LogP contribution is 2.24. The van der Waals surface area contributed by atoms with E-state index < -0.39 is 5.97 Å². The van der Waals surface area contributed by atoms with Gasteiger partial charge in [-0.1, -0.05) is 44.2 Å². The van der Waals surface area contributed by atoms with Crippen LogP contribution in [0.25, 0.3) is 0 Å². The summed E-state index contributed by atoms with van der Waals surface area (Å²) in [5.74, 6) is -0.415. The topological polar surface area (TPSA) is 75.7 Å². The second kappa shape index (κ2) is 12.0. The van der Waals surface area contributed by atoms with Gasteiger partial charge in [0.05, 0.1) is 11.3 Å². The molecule has 2 fully saturated rings. The number of amides is 2. The minimum absolute atomic E-state index is 0.00189. The van der Waals surface area contributed by atoms with Gasteiger partial charge >= 0.3 is 5.97 Å². The molecule has 1 saturated carbocycles. The van der Waals surface area contributed by atoms with Crippen molar-refractivity contribution in [2.75, 3.05) is 25.4 Å². The maximum Gasteiger partial charge on any atom is 0.339 e. The van der Waals surface area contributed by atoms with E-state index in [0.29, 0.717) is 10.5 Å². The number of likely N-dealkylation sites (tertiary alicyclic amines) is 1. The first-order valence-electron chi connectivity index (χ1n) is 11.1. The lowest BCUT2D eigenvalue weighted by molar-refractivity contribution is -0.133. The molecule has 1 aromatic carbocycles. The summed E-state index contributed by atoms with van der Waals surface area (Å²) in [6.07, 6.45) is 10.2. The fourth-order valence-electron chi connectivity index (χ4n) is 4.04. The van der Waals surface area contributed by atoms with E-state index in [2.05, 4.69) is 5.32 Å². The first-order valence-corrected chi connectivity index (χ1v) is 12.1. The number of nitrogens with zero attached hydrogens (tertiary/aromatic N) is 1. The number of esters is 1. The normalized spacial score (nSPS) is 17.8. The Labute approximate surface area is 183 Å². The molecule has 0 spiro atoms. The number of carbonyl (C=O) groups is 3. The van der Waals surface area contributed by atoms with Gasteiger partial charge in [0.15, 0.2) is 6.61 Å². The molecule has 0 unspecified atom stereocenters. The highest BCUT2D eigenvalue weighted by molar-refractivity contribution is 8.00. The maximum atomic E-state index is 12.5. The summed E-state index contributed by atoms with van der Waals surface area (Å²) >= 11 is 1.33. The van der Waals surface area contributed by atoms with Gasteiger partial charge in [0.1, 0.15) is 0 Å².